The number of aryl methyl sites for hydroxylation is 1. The molecule has 1 amide bonds. The molecule has 1 rings (SSSR count). The molecule has 17 heavy (non-hydrogen) atoms. The first-order valence-corrected chi connectivity index (χ1v) is 6.11. The second-order valence-electron chi connectivity index (χ2n) is 4.35. The Bertz CT molecular complexity index is 363. The minimum absolute atomic E-state index is 0.0240. The maximum atomic E-state index is 11.8. The highest BCUT2D eigenvalue weighted by atomic mass is 16.3. The van der Waals surface area contributed by atoms with E-state index in [0.29, 0.717) is 12.8 Å². The summed E-state index contributed by atoms with van der Waals surface area (Å²) in [5, 5.41) is 11.8. The Morgan fingerprint density at radius 3 is 2.82 bits per heavy atom. The molecule has 0 heterocycles. The monoisotopic (exact) mass is 235 g/mol. The lowest BCUT2D eigenvalue weighted by molar-refractivity contribution is -0.121. The molecule has 0 radical (unpaired) electrons. The van der Waals surface area contributed by atoms with Crippen molar-refractivity contribution in [2.45, 2.75) is 39.2 Å². The molecule has 0 bridgehead atoms. The molecule has 3 heteroatoms. The molecule has 0 fully saturated rings. The highest BCUT2D eigenvalue weighted by Gasteiger charge is 2.10. The summed E-state index contributed by atoms with van der Waals surface area (Å²) in [5.74, 6) is 0.0240. The normalized spacial score (nSPS) is 12.2. The quantitative estimate of drug-likeness (QED) is 0.790. The number of hydrogen-bond donors (Lipinski definition) is 2. The highest BCUT2D eigenvalue weighted by molar-refractivity contribution is 5.78. The SMILES string of the molecule is CCC(CCO)NC(=O)Cc1cccc(C)c1. The molecule has 1 unspecified atom stereocenters. The minimum Gasteiger partial charge on any atom is -0.396 e. The molecule has 0 spiro atoms. The lowest BCUT2D eigenvalue weighted by Gasteiger charge is -2.15. The van der Waals surface area contributed by atoms with E-state index >= 15 is 0 Å². The van der Waals surface area contributed by atoms with Gasteiger partial charge in [-0.3, -0.25) is 4.79 Å². The zero-order chi connectivity index (χ0) is 12.7. The van der Waals surface area contributed by atoms with Crippen LogP contribution >= 0.6 is 0 Å². The van der Waals surface area contributed by atoms with Crippen molar-refractivity contribution < 1.29 is 9.90 Å². The standard InChI is InChI=1S/C14H21NO2/c1-3-13(7-8-16)15-14(17)10-12-6-4-5-11(2)9-12/h4-6,9,13,16H,3,7-8,10H2,1-2H3,(H,15,17). The van der Waals surface area contributed by atoms with E-state index in [0.717, 1.165) is 17.5 Å². The molecule has 0 saturated carbocycles. The van der Waals surface area contributed by atoms with Gasteiger partial charge >= 0.3 is 0 Å². The van der Waals surface area contributed by atoms with Gasteiger partial charge in [0.1, 0.15) is 0 Å². The highest BCUT2D eigenvalue weighted by Crippen LogP contribution is 2.05. The number of rotatable bonds is 6. The number of nitrogens with one attached hydrogen (secondary N) is 1. The summed E-state index contributed by atoms with van der Waals surface area (Å²) >= 11 is 0. The molecule has 0 saturated heterocycles. The van der Waals surface area contributed by atoms with Crippen LogP contribution in [0.15, 0.2) is 24.3 Å². The molecule has 1 aromatic rings. The van der Waals surface area contributed by atoms with Crippen LogP contribution in [0.4, 0.5) is 0 Å². The second kappa shape index (κ2) is 7.07. The fraction of sp³-hybridized carbons (Fsp3) is 0.500. The Balaban J connectivity index is 2.49. The summed E-state index contributed by atoms with van der Waals surface area (Å²) in [7, 11) is 0. The Morgan fingerprint density at radius 1 is 1.47 bits per heavy atom. The Hall–Kier alpha value is -1.35. The minimum atomic E-state index is 0.0240. The predicted octanol–water partition coefficient (Wildman–Crippen LogP) is 1.81. The van der Waals surface area contributed by atoms with Gasteiger partial charge in [-0.1, -0.05) is 36.8 Å². The van der Waals surface area contributed by atoms with Gasteiger partial charge in [0.25, 0.3) is 0 Å². The summed E-state index contributed by atoms with van der Waals surface area (Å²) in [6.07, 6.45) is 1.87. The average molecular weight is 235 g/mol. The van der Waals surface area contributed by atoms with E-state index in [4.69, 9.17) is 5.11 Å². The molecule has 94 valence electrons. The Labute approximate surface area is 103 Å². The maximum Gasteiger partial charge on any atom is 0.224 e. The van der Waals surface area contributed by atoms with E-state index in [2.05, 4.69) is 5.32 Å². The van der Waals surface area contributed by atoms with Gasteiger partial charge in [-0.05, 0) is 25.3 Å². The van der Waals surface area contributed by atoms with E-state index < -0.39 is 0 Å². The van der Waals surface area contributed by atoms with Gasteiger partial charge in [0.05, 0.1) is 6.42 Å². The summed E-state index contributed by atoms with van der Waals surface area (Å²) in [4.78, 5) is 11.8. The molecule has 0 aliphatic heterocycles. The zero-order valence-electron chi connectivity index (χ0n) is 10.6. The van der Waals surface area contributed by atoms with Crippen molar-refractivity contribution in [1.82, 2.24) is 5.32 Å². The molecule has 0 aliphatic carbocycles. The zero-order valence-corrected chi connectivity index (χ0v) is 10.6. The van der Waals surface area contributed by atoms with Gasteiger partial charge < -0.3 is 10.4 Å². The first-order valence-electron chi connectivity index (χ1n) is 6.11. The smallest absolute Gasteiger partial charge is 0.224 e. The topological polar surface area (TPSA) is 49.3 Å². The van der Waals surface area contributed by atoms with Crippen LogP contribution in [-0.2, 0) is 11.2 Å². The van der Waals surface area contributed by atoms with Crippen LogP contribution in [0.2, 0.25) is 0 Å². The fourth-order valence-electron chi connectivity index (χ4n) is 1.82. The number of carbonyl (C=O) groups is 1. The van der Waals surface area contributed by atoms with E-state index in [1.165, 1.54) is 0 Å². The van der Waals surface area contributed by atoms with Crippen molar-refractivity contribution >= 4 is 5.91 Å². The largest absolute Gasteiger partial charge is 0.396 e. The number of aliphatic hydroxyl groups excluding tert-OH is 1. The van der Waals surface area contributed by atoms with Crippen LogP contribution in [0.25, 0.3) is 0 Å². The summed E-state index contributed by atoms with van der Waals surface area (Å²) in [6, 6.07) is 8.04. The van der Waals surface area contributed by atoms with Crippen LogP contribution in [-0.4, -0.2) is 23.7 Å². The van der Waals surface area contributed by atoms with Crippen LogP contribution in [0.1, 0.15) is 30.9 Å². The molecule has 2 N–H and O–H groups in total. The molecule has 0 aromatic heterocycles. The third-order valence-electron chi connectivity index (χ3n) is 2.78. The van der Waals surface area contributed by atoms with Crippen molar-refractivity contribution in [3.63, 3.8) is 0 Å². The summed E-state index contributed by atoms with van der Waals surface area (Å²) in [6.45, 7) is 4.14. The first-order chi connectivity index (χ1) is 8.15. The molecule has 3 nitrogen and oxygen atoms in total. The van der Waals surface area contributed by atoms with Crippen molar-refractivity contribution in [3.05, 3.63) is 35.4 Å². The number of hydrogen-bond acceptors (Lipinski definition) is 2. The Morgan fingerprint density at radius 2 is 2.24 bits per heavy atom. The van der Waals surface area contributed by atoms with E-state index in [-0.39, 0.29) is 18.6 Å². The summed E-state index contributed by atoms with van der Waals surface area (Å²) < 4.78 is 0. The molecule has 1 aromatic carbocycles. The second-order valence-corrected chi connectivity index (χ2v) is 4.35. The maximum absolute atomic E-state index is 11.8. The van der Waals surface area contributed by atoms with Crippen molar-refractivity contribution in [3.8, 4) is 0 Å². The third-order valence-corrected chi connectivity index (χ3v) is 2.78. The van der Waals surface area contributed by atoms with Crippen LogP contribution in [0, 0.1) is 6.92 Å². The van der Waals surface area contributed by atoms with Crippen LogP contribution < -0.4 is 5.32 Å². The Kier molecular flexibility index (Phi) is 5.70. The molecular formula is C14H21NO2. The molecule has 1 atom stereocenters. The lowest BCUT2D eigenvalue weighted by Crippen LogP contribution is -2.36. The van der Waals surface area contributed by atoms with Gasteiger partial charge in [0.15, 0.2) is 0 Å². The lowest BCUT2D eigenvalue weighted by atomic mass is 10.1. The first kappa shape index (κ1) is 13.7. The van der Waals surface area contributed by atoms with Gasteiger partial charge in [-0.25, -0.2) is 0 Å². The van der Waals surface area contributed by atoms with Gasteiger partial charge in [-0.2, -0.15) is 0 Å². The molecular weight excluding hydrogens is 214 g/mol. The fourth-order valence-corrected chi connectivity index (χ4v) is 1.82. The van der Waals surface area contributed by atoms with Crippen molar-refractivity contribution in [2.24, 2.45) is 0 Å². The van der Waals surface area contributed by atoms with Crippen LogP contribution in [0.3, 0.4) is 0 Å². The number of amides is 1. The number of aliphatic hydroxyl groups is 1. The number of benzene rings is 1. The summed E-state index contributed by atoms with van der Waals surface area (Å²) in [5.41, 5.74) is 2.19. The van der Waals surface area contributed by atoms with E-state index in [1.54, 1.807) is 0 Å². The third kappa shape index (κ3) is 5.00. The number of carbonyl (C=O) groups excluding carboxylic acids is 1. The van der Waals surface area contributed by atoms with Crippen LogP contribution in [0.5, 0.6) is 0 Å². The van der Waals surface area contributed by atoms with Crippen molar-refractivity contribution in [2.75, 3.05) is 6.61 Å². The predicted molar refractivity (Wildman–Crippen MR) is 68.8 cm³/mol. The molecule has 0 aliphatic rings. The van der Waals surface area contributed by atoms with E-state index in [9.17, 15) is 4.79 Å². The average Bonchev–Trinajstić information content (AvgIpc) is 2.28. The van der Waals surface area contributed by atoms with Gasteiger partial charge in [-0.15, -0.1) is 0 Å². The van der Waals surface area contributed by atoms with Crippen molar-refractivity contribution in [1.29, 1.82) is 0 Å². The van der Waals surface area contributed by atoms with Gasteiger partial charge in [0, 0.05) is 12.6 Å². The van der Waals surface area contributed by atoms with E-state index in [1.807, 2.05) is 38.1 Å². The van der Waals surface area contributed by atoms with Gasteiger partial charge in [0.2, 0.25) is 5.91 Å².